The summed E-state index contributed by atoms with van der Waals surface area (Å²) in [5.41, 5.74) is 3.01. The van der Waals surface area contributed by atoms with Crippen molar-refractivity contribution < 1.29 is 18.0 Å². The van der Waals surface area contributed by atoms with Crippen molar-refractivity contribution in [1.29, 1.82) is 0 Å². The summed E-state index contributed by atoms with van der Waals surface area (Å²) >= 11 is 0. The van der Waals surface area contributed by atoms with Crippen LogP contribution in [0.5, 0.6) is 0 Å². The fraction of sp³-hybridized carbons (Fsp3) is 0.136. The number of hydrogen-bond donors (Lipinski definition) is 1. The summed E-state index contributed by atoms with van der Waals surface area (Å²) in [5, 5.41) is 12.2. The molecule has 0 saturated carbocycles. The lowest BCUT2D eigenvalue weighted by molar-refractivity contribution is 0.0646. The molecule has 0 bridgehead atoms. The van der Waals surface area contributed by atoms with Crippen molar-refractivity contribution in [2.75, 3.05) is 6.54 Å². The average Bonchev–Trinajstić information content (AvgIpc) is 3.56. The molecule has 0 saturated heterocycles. The Morgan fingerprint density at radius 2 is 2.06 bits per heavy atom. The molecule has 1 atom stereocenters. The first kappa shape index (κ1) is 19.3. The highest BCUT2D eigenvalue weighted by atomic mass is 19.1. The number of nitrogens with zero attached hydrogens (tertiary/aromatic N) is 6. The van der Waals surface area contributed by atoms with Crippen LogP contribution in [0.1, 0.15) is 33.8 Å². The van der Waals surface area contributed by atoms with Crippen LogP contribution in [-0.2, 0) is 6.42 Å². The van der Waals surface area contributed by atoms with E-state index in [1.165, 1.54) is 6.07 Å². The van der Waals surface area contributed by atoms with Gasteiger partial charge in [0, 0.05) is 30.9 Å². The molecule has 1 aliphatic rings. The van der Waals surface area contributed by atoms with Gasteiger partial charge in [-0.2, -0.15) is 5.10 Å². The Labute approximate surface area is 184 Å². The van der Waals surface area contributed by atoms with Crippen LogP contribution in [0.25, 0.3) is 17.0 Å². The number of carbonyl (C=O) groups is 1. The Bertz CT molecular complexity index is 1470. The van der Waals surface area contributed by atoms with E-state index in [0.717, 1.165) is 17.3 Å². The molecule has 4 aromatic heterocycles. The molecule has 11 heteroatoms. The summed E-state index contributed by atoms with van der Waals surface area (Å²) in [6.07, 6.45) is 3.96. The van der Waals surface area contributed by atoms with Crippen molar-refractivity contribution in [1.82, 2.24) is 34.7 Å². The fourth-order valence-corrected chi connectivity index (χ4v) is 4.09. The summed E-state index contributed by atoms with van der Waals surface area (Å²) in [5.74, 6) is -2.64. The second kappa shape index (κ2) is 7.33. The van der Waals surface area contributed by atoms with Gasteiger partial charge in [-0.1, -0.05) is 6.07 Å². The standard InChI is InChI=1S/C22H15F2N7O2/c23-12-4-5-14(15(24)9-12)20-27-28-21(33-20)22(32)30-8-6-16-18(26-11-25-16)19(30)17-10-13-3-1-2-7-31(13)29-17/h1-5,7,9-11,19H,6,8H2,(H,25,26)/t19-/m1/s1. The molecule has 1 N–H and O–H groups in total. The van der Waals surface area contributed by atoms with Gasteiger partial charge in [-0.3, -0.25) is 4.79 Å². The highest BCUT2D eigenvalue weighted by Gasteiger charge is 2.38. The molecule has 0 aliphatic carbocycles. The Balaban J connectivity index is 1.39. The third-order valence-corrected chi connectivity index (χ3v) is 5.62. The maximum Gasteiger partial charge on any atom is 0.312 e. The molecular formula is C22H15F2N7O2. The van der Waals surface area contributed by atoms with Crippen LogP contribution < -0.4 is 0 Å². The number of aromatic nitrogens is 6. The van der Waals surface area contributed by atoms with Crippen LogP contribution in [0.4, 0.5) is 8.78 Å². The topological polar surface area (TPSA) is 105 Å². The van der Waals surface area contributed by atoms with Gasteiger partial charge in [-0.15, -0.1) is 10.2 Å². The first-order chi connectivity index (χ1) is 16.1. The van der Waals surface area contributed by atoms with E-state index < -0.39 is 23.6 Å². The summed E-state index contributed by atoms with van der Waals surface area (Å²) in [6.45, 7) is 0.356. The van der Waals surface area contributed by atoms with Gasteiger partial charge in [0.05, 0.1) is 28.8 Å². The van der Waals surface area contributed by atoms with Gasteiger partial charge in [0.2, 0.25) is 0 Å². The van der Waals surface area contributed by atoms with E-state index in [2.05, 4.69) is 25.3 Å². The van der Waals surface area contributed by atoms with E-state index in [1.807, 2.05) is 30.5 Å². The Morgan fingerprint density at radius 1 is 1.15 bits per heavy atom. The van der Waals surface area contributed by atoms with Crippen LogP contribution >= 0.6 is 0 Å². The molecule has 1 amide bonds. The van der Waals surface area contributed by atoms with Gasteiger partial charge in [0.1, 0.15) is 17.7 Å². The second-order valence-electron chi connectivity index (χ2n) is 7.59. The van der Waals surface area contributed by atoms with Gasteiger partial charge < -0.3 is 14.3 Å². The van der Waals surface area contributed by atoms with Gasteiger partial charge in [-0.05, 0) is 30.3 Å². The minimum atomic E-state index is -0.862. The summed E-state index contributed by atoms with van der Waals surface area (Å²) in [4.78, 5) is 22.5. The number of halogens is 2. The number of amides is 1. The molecule has 0 radical (unpaired) electrons. The molecule has 33 heavy (non-hydrogen) atoms. The molecule has 0 unspecified atom stereocenters. The largest absolute Gasteiger partial charge is 0.412 e. The van der Waals surface area contributed by atoms with Crippen molar-refractivity contribution in [3.63, 3.8) is 0 Å². The van der Waals surface area contributed by atoms with E-state index in [1.54, 1.807) is 15.7 Å². The highest BCUT2D eigenvalue weighted by Crippen LogP contribution is 2.34. The van der Waals surface area contributed by atoms with Gasteiger partial charge in [-0.25, -0.2) is 18.3 Å². The van der Waals surface area contributed by atoms with Gasteiger partial charge in [0.25, 0.3) is 5.89 Å². The number of H-pyrrole nitrogens is 1. The molecule has 0 fully saturated rings. The summed E-state index contributed by atoms with van der Waals surface area (Å²) < 4.78 is 34.6. The molecular weight excluding hydrogens is 432 g/mol. The zero-order chi connectivity index (χ0) is 22.5. The first-order valence-electron chi connectivity index (χ1n) is 10.1. The van der Waals surface area contributed by atoms with Gasteiger partial charge in [0.15, 0.2) is 0 Å². The number of hydrogen-bond acceptors (Lipinski definition) is 6. The Morgan fingerprint density at radius 3 is 2.91 bits per heavy atom. The van der Waals surface area contributed by atoms with E-state index in [-0.39, 0.29) is 17.3 Å². The van der Waals surface area contributed by atoms with Crippen molar-refractivity contribution in [3.05, 3.63) is 89.6 Å². The second-order valence-corrected chi connectivity index (χ2v) is 7.59. The normalized spacial score (nSPS) is 15.7. The number of carbonyl (C=O) groups excluding carboxylic acids is 1. The lowest BCUT2D eigenvalue weighted by Crippen LogP contribution is -2.41. The molecule has 1 aromatic carbocycles. The van der Waals surface area contributed by atoms with E-state index in [4.69, 9.17) is 4.42 Å². The van der Waals surface area contributed by atoms with Crippen molar-refractivity contribution in [3.8, 4) is 11.5 Å². The van der Waals surface area contributed by atoms with E-state index >= 15 is 0 Å². The predicted molar refractivity (Wildman–Crippen MR) is 110 cm³/mol. The van der Waals surface area contributed by atoms with Crippen molar-refractivity contribution in [2.45, 2.75) is 12.5 Å². The number of pyridine rings is 1. The van der Waals surface area contributed by atoms with Crippen LogP contribution in [0.15, 0.2) is 59.4 Å². The molecule has 0 spiro atoms. The first-order valence-corrected chi connectivity index (χ1v) is 10.1. The third kappa shape index (κ3) is 3.16. The SMILES string of the molecule is O=C(c1nnc(-c2ccc(F)cc2F)o1)N1CCc2[nH]cnc2[C@H]1c1cc2ccccn2n1. The molecule has 6 rings (SSSR count). The average molecular weight is 447 g/mol. The van der Waals surface area contributed by atoms with E-state index in [0.29, 0.717) is 30.4 Å². The summed E-state index contributed by atoms with van der Waals surface area (Å²) in [6, 6.07) is 9.97. The Hall–Kier alpha value is -4.41. The van der Waals surface area contributed by atoms with Crippen LogP contribution in [0.2, 0.25) is 0 Å². The number of imidazole rings is 1. The van der Waals surface area contributed by atoms with Crippen molar-refractivity contribution >= 4 is 11.4 Å². The Kier molecular flexibility index (Phi) is 4.28. The lowest BCUT2D eigenvalue weighted by atomic mass is 9.99. The number of fused-ring (bicyclic) bond motifs is 2. The minimum absolute atomic E-state index is 0.0897. The quantitative estimate of drug-likeness (QED) is 0.456. The maximum atomic E-state index is 14.1. The zero-order valence-corrected chi connectivity index (χ0v) is 16.9. The molecule has 5 heterocycles. The summed E-state index contributed by atoms with van der Waals surface area (Å²) in [7, 11) is 0. The monoisotopic (exact) mass is 447 g/mol. The lowest BCUT2D eigenvalue weighted by Gasteiger charge is -2.32. The molecule has 9 nitrogen and oxygen atoms in total. The van der Waals surface area contributed by atoms with Crippen LogP contribution in [0, 0.1) is 11.6 Å². The molecule has 1 aliphatic heterocycles. The number of rotatable bonds is 3. The number of benzene rings is 1. The maximum absolute atomic E-state index is 14.1. The van der Waals surface area contributed by atoms with Crippen molar-refractivity contribution in [2.24, 2.45) is 0 Å². The van der Waals surface area contributed by atoms with Gasteiger partial charge >= 0.3 is 11.8 Å². The highest BCUT2D eigenvalue weighted by molar-refractivity contribution is 5.90. The zero-order valence-electron chi connectivity index (χ0n) is 16.9. The van der Waals surface area contributed by atoms with E-state index in [9.17, 15) is 13.6 Å². The van der Waals surface area contributed by atoms with Crippen LogP contribution in [0.3, 0.4) is 0 Å². The smallest absolute Gasteiger partial charge is 0.312 e. The third-order valence-electron chi connectivity index (χ3n) is 5.62. The molecule has 164 valence electrons. The number of aromatic amines is 1. The van der Waals surface area contributed by atoms with Crippen LogP contribution in [-0.4, -0.2) is 47.1 Å². The predicted octanol–water partition coefficient (Wildman–Crippen LogP) is 3.17. The fourth-order valence-electron chi connectivity index (χ4n) is 4.09. The molecule has 5 aromatic rings. The minimum Gasteiger partial charge on any atom is -0.412 e. The number of nitrogens with one attached hydrogen (secondary N) is 1.